The first kappa shape index (κ1) is 16.0. The van der Waals surface area contributed by atoms with Crippen molar-refractivity contribution in [1.82, 2.24) is 4.90 Å². The van der Waals surface area contributed by atoms with Gasteiger partial charge in [-0.25, -0.2) is 0 Å². The van der Waals surface area contributed by atoms with Crippen LogP contribution in [0.4, 0.5) is 0 Å². The maximum Gasteiger partial charge on any atom is 0.310 e. The van der Waals surface area contributed by atoms with Crippen LogP contribution in [0.1, 0.15) is 25.3 Å². The summed E-state index contributed by atoms with van der Waals surface area (Å²) >= 11 is 0. The van der Waals surface area contributed by atoms with Crippen LogP contribution in [0.25, 0.3) is 0 Å². The lowest BCUT2D eigenvalue weighted by Gasteiger charge is -2.32. The highest BCUT2D eigenvalue weighted by molar-refractivity contribution is 5.72. The molecule has 0 N–H and O–H groups in total. The van der Waals surface area contributed by atoms with Crippen molar-refractivity contribution in [2.24, 2.45) is 5.92 Å². The summed E-state index contributed by atoms with van der Waals surface area (Å²) in [5.41, 5.74) is 1.03. The Labute approximate surface area is 127 Å². The van der Waals surface area contributed by atoms with Gasteiger partial charge in [-0.3, -0.25) is 4.79 Å². The Bertz CT molecular complexity index is 427. The second-order valence-electron chi connectivity index (χ2n) is 5.73. The molecule has 1 aromatic carbocycles. The van der Waals surface area contributed by atoms with Crippen LogP contribution in [0.5, 0.6) is 0 Å². The standard InChI is InChI=1S/C17H25NO3/c1-14(12-18-10-8-16(20-2)9-11-18)17(19)21-13-15-6-4-3-5-7-15/h3-7,14,16H,8-13H2,1-2H3. The second-order valence-corrected chi connectivity index (χ2v) is 5.73. The zero-order valence-corrected chi connectivity index (χ0v) is 13.0. The van der Waals surface area contributed by atoms with E-state index in [9.17, 15) is 4.79 Å². The van der Waals surface area contributed by atoms with Crippen molar-refractivity contribution in [3.63, 3.8) is 0 Å². The Hall–Kier alpha value is -1.39. The molecule has 116 valence electrons. The smallest absolute Gasteiger partial charge is 0.310 e. The van der Waals surface area contributed by atoms with Gasteiger partial charge >= 0.3 is 5.97 Å². The average molecular weight is 291 g/mol. The van der Waals surface area contributed by atoms with Gasteiger partial charge in [-0.05, 0) is 18.4 Å². The maximum absolute atomic E-state index is 12.0. The van der Waals surface area contributed by atoms with Crippen LogP contribution in [-0.2, 0) is 20.9 Å². The van der Waals surface area contributed by atoms with Gasteiger partial charge in [-0.2, -0.15) is 0 Å². The molecule has 1 unspecified atom stereocenters. The molecule has 0 bridgehead atoms. The Morgan fingerprint density at radius 1 is 1.29 bits per heavy atom. The van der Waals surface area contributed by atoms with Gasteiger partial charge in [-0.1, -0.05) is 37.3 Å². The lowest BCUT2D eigenvalue weighted by atomic mass is 10.1. The number of carbonyl (C=O) groups excluding carboxylic acids is 1. The number of ether oxygens (including phenoxy) is 2. The summed E-state index contributed by atoms with van der Waals surface area (Å²) in [7, 11) is 1.77. The van der Waals surface area contributed by atoms with Gasteiger partial charge in [0, 0.05) is 26.7 Å². The third-order valence-corrected chi connectivity index (χ3v) is 4.03. The molecule has 0 aliphatic carbocycles. The van der Waals surface area contributed by atoms with Crippen molar-refractivity contribution < 1.29 is 14.3 Å². The fraction of sp³-hybridized carbons (Fsp3) is 0.588. The van der Waals surface area contributed by atoms with E-state index in [-0.39, 0.29) is 11.9 Å². The van der Waals surface area contributed by atoms with Crippen LogP contribution < -0.4 is 0 Å². The summed E-state index contributed by atoms with van der Waals surface area (Å²) in [6.45, 7) is 5.05. The zero-order valence-electron chi connectivity index (χ0n) is 13.0. The van der Waals surface area contributed by atoms with Crippen molar-refractivity contribution in [3.8, 4) is 0 Å². The third kappa shape index (κ3) is 5.14. The molecule has 1 aliphatic rings. The van der Waals surface area contributed by atoms with Gasteiger partial charge in [0.1, 0.15) is 6.61 Å². The molecule has 1 aliphatic heterocycles. The summed E-state index contributed by atoms with van der Waals surface area (Å²) in [5.74, 6) is -0.208. The number of rotatable bonds is 6. The SMILES string of the molecule is COC1CCN(CC(C)C(=O)OCc2ccccc2)CC1. The van der Waals surface area contributed by atoms with Gasteiger partial charge in [0.2, 0.25) is 0 Å². The van der Waals surface area contributed by atoms with Crippen molar-refractivity contribution in [1.29, 1.82) is 0 Å². The Kier molecular flexibility index (Phi) is 6.21. The summed E-state index contributed by atoms with van der Waals surface area (Å²) in [6, 6.07) is 9.79. The third-order valence-electron chi connectivity index (χ3n) is 4.03. The van der Waals surface area contributed by atoms with Crippen LogP contribution >= 0.6 is 0 Å². The van der Waals surface area contributed by atoms with E-state index in [1.54, 1.807) is 7.11 Å². The summed E-state index contributed by atoms with van der Waals surface area (Å²) in [4.78, 5) is 14.4. The summed E-state index contributed by atoms with van der Waals surface area (Å²) in [6.07, 6.45) is 2.46. The molecule has 1 fully saturated rings. The van der Waals surface area contributed by atoms with Gasteiger partial charge in [0.15, 0.2) is 0 Å². The first-order chi connectivity index (χ1) is 10.2. The lowest BCUT2D eigenvalue weighted by Crippen LogP contribution is -2.40. The molecular weight excluding hydrogens is 266 g/mol. The Balaban J connectivity index is 1.70. The van der Waals surface area contributed by atoms with E-state index in [0.29, 0.717) is 12.7 Å². The first-order valence-corrected chi connectivity index (χ1v) is 7.64. The van der Waals surface area contributed by atoms with E-state index in [1.807, 2.05) is 37.3 Å². The number of esters is 1. The molecule has 4 nitrogen and oxygen atoms in total. The molecular formula is C17H25NO3. The predicted molar refractivity (Wildman–Crippen MR) is 81.9 cm³/mol. The number of hydrogen-bond donors (Lipinski definition) is 0. The molecule has 0 amide bonds. The molecule has 1 saturated heterocycles. The number of piperidine rings is 1. The number of nitrogens with zero attached hydrogens (tertiary/aromatic N) is 1. The average Bonchev–Trinajstić information content (AvgIpc) is 2.54. The van der Waals surface area contributed by atoms with Gasteiger partial charge < -0.3 is 14.4 Å². The monoisotopic (exact) mass is 291 g/mol. The quantitative estimate of drug-likeness (QED) is 0.755. The normalized spacial score (nSPS) is 18.4. The Morgan fingerprint density at radius 3 is 2.57 bits per heavy atom. The van der Waals surface area contributed by atoms with Crippen LogP contribution in [0.2, 0.25) is 0 Å². The maximum atomic E-state index is 12.0. The van der Waals surface area contributed by atoms with Crippen molar-refractivity contribution in [3.05, 3.63) is 35.9 Å². The second kappa shape index (κ2) is 8.15. The first-order valence-electron chi connectivity index (χ1n) is 7.64. The summed E-state index contributed by atoms with van der Waals surface area (Å²) < 4.78 is 10.7. The fourth-order valence-corrected chi connectivity index (χ4v) is 2.66. The minimum absolute atomic E-state index is 0.0900. The van der Waals surface area contributed by atoms with E-state index in [1.165, 1.54) is 0 Å². The molecule has 0 saturated carbocycles. The lowest BCUT2D eigenvalue weighted by molar-refractivity contribution is -0.150. The minimum Gasteiger partial charge on any atom is -0.461 e. The molecule has 1 aromatic rings. The van der Waals surface area contributed by atoms with Gasteiger partial charge in [0.05, 0.1) is 12.0 Å². The number of benzene rings is 1. The van der Waals surface area contributed by atoms with E-state index in [2.05, 4.69) is 4.90 Å². The molecule has 21 heavy (non-hydrogen) atoms. The van der Waals surface area contributed by atoms with E-state index in [0.717, 1.165) is 38.0 Å². The van der Waals surface area contributed by atoms with Crippen molar-refractivity contribution >= 4 is 5.97 Å². The fourth-order valence-electron chi connectivity index (χ4n) is 2.66. The van der Waals surface area contributed by atoms with Crippen LogP contribution in [0.15, 0.2) is 30.3 Å². The number of hydrogen-bond acceptors (Lipinski definition) is 4. The Morgan fingerprint density at radius 2 is 1.95 bits per heavy atom. The molecule has 0 aromatic heterocycles. The van der Waals surface area contributed by atoms with Crippen LogP contribution in [-0.4, -0.2) is 43.7 Å². The predicted octanol–water partition coefficient (Wildman–Crippen LogP) is 2.48. The van der Waals surface area contributed by atoms with Gasteiger partial charge in [0.25, 0.3) is 0 Å². The number of likely N-dealkylation sites (tertiary alicyclic amines) is 1. The molecule has 1 atom stereocenters. The molecule has 1 heterocycles. The highest BCUT2D eigenvalue weighted by Gasteiger charge is 2.23. The number of carbonyl (C=O) groups is 1. The highest BCUT2D eigenvalue weighted by Crippen LogP contribution is 2.15. The number of methoxy groups -OCH3 is 1. The van der Waals surface area contributed by atoms with Crippen LogP contribution in [0, 0.1) is 5.92 Å². The largest absolute Gasteiger partial charge is 0.461 e. The minimum atomic E-state index is -0.118. The van der Waals surface area contributed by atoms with E-state index < -0.39 is 0 Å². The molecule has 0 spiro atoms. The highest BCUT2D eigenvalue weighted by atomic mass is 16.5. The van der Waals surface area contributed by atoms with Crippen molar-refractivity contribution in [2.75, 3.05) is 26.7 Å². The van der Waals surface area contributed by atoms with E-state index in [4.69, 9.17) is 9.47 Å². The topological polar surface area (TPSA) is 38.8 Å². The van der Waals surface area contributed by atoms with Crippen LogP contribution in [0.3, 0.4) is 0 Å². The molecule has 4 heteroatoms. The summed E-state index contributed by atoms with van der Waals surface area (Å²) in [5, 5.41) is 0. The molecule has 2 rings (SSSR count). The molecule has 0 radical (unpaired) electrons. The van der Waals surface area contributed by atoms with E-state index >= 15 is 0 Å². The zero-order chi connectivity index (χ0) is 15.1. The van der Waals surface area contributed by atoms with Crippen molar-refractivity contribution in [2.45, 2.75) is 32.5 Å². The van der Waals surface area contributed by atoms with Gasteiger partial charge in [-0.15, -0.1) is 0 Å².